The molecule has 0 fully saturated rings. The number of H-pyrrole nitrogens is 1. The Morgan fingerprint density at radius 2 is 2.36 bits per heavy atom. The van der Waals surface area contributed by atoms with Crippen molar-refractivity contribution in [3.05, 3.63) is 11.8 Å². The molecule has 1 rings (SSSR count). The van der Waals surface area contributed by atoms with E-state index in [0.717, 1.165) is 6.42 Å². The molecule has 0 spiro atoms. The fraction of sp³-hybridized carbons (Fsp3) is 0.556. The van der Waals surface area contributed by atoms with E-state index in [-0.39, 0.29) is 0 Å². The van der Waals surface area contributed by atoms with Crippen molar-refractivity contribution >= 4 is 5.97 Å². The van der Waals surface area contributed by atoms with E-state index in [2.05, 4.69) is 10.2 Å². The van der Waals surface area contributed by atoms with E-state index in [0.29, 0.717) is 24.7 Å². The lowest BCUT2D eigenvalue weighted by Gasteiger charge is -2.03. The second kappa shape index (κ2) is 5.26. The molecule has 0 aromatic carbocycles. The fourth-order valence-electron chi connectivity index (χ4n) is 0.943. The van der Waals surface area contributed by atoms with Gasteiger partial charge in [0.05, 0.1) is 19.4 Å². The van der Waals surface area contributed by atoms with Crippen LogP contribution >= 0.6 is 0 Å². The standard InChI is InChI=1S/C9H14N2O3/c1-3-5-14-8-7(6-10-11-8)9(12)13-4-2/h6H,3-5H2,1-2H3,(H,10,11). The molecule has 1 N–H and O–H groups in total. The number of hydrogen-bond acceptors (Lipinski definition) is 4. The summed E-state index contributed by atoms with van der Waals surface area (Å²) in [5, 5.41) is 6.33. The molecule has 78 valence electrons. The number of rotatable bonds is 5. The first-order valence-electron chi connectivity index (χ1n) is 4.62. The number of hydrogen-bond donors (Lipinski definition) is 1. The van der Waals surface area contributed by atoms with Crippen molar-refractivity contribution in [1.82, 2.24) is 10.2 Å². The molecule has 1 heterocycles. The van der Waals surface area contributed by atoms with Crippen LogP contribution in [0, 0.1) is 0 Å². The minimum absolute atomic E-state index is 0.344. The molecule has 1 aromatic rings. The van der Waals surface area contributed by atoms with Gasteiger partial charge in [-0.05, 0) is 13.3 Å². The van der Waals surface area contributed by atoms with Crippen molar-refractivity contribution in [1.29, 1.82) is 0 Å². The summed E-state index contributed by atoms with van der Waals surface area (Å²) in [5.41, 5.74) is 0.348. The second-order valence-corrected chi connectivity index (χ2v) is 2.68. The van der Waals surface area contributed by atoms with Gasteiger partial charge in [0, 0.05) is 0 Å². The number of aromatic amines is 1. The van der Waals surface area contributed by atoms with Crippen LogP contribution in [0.15, 0.2) is 6.20 Å². The van der Waals surface area contributed by atoms with Gasteiger partial charge in [-0.2, -0.15) is 5.10 Å². The van der Waals surface area contributed by atoms with Gasteiger partial charge in [0.1, 0.15) is 5.56 Å². The van der Waals surface area contributed by atoms with E-state index in [4.69, 9.17) is 9.47 Å². The van der Waals surface area contributed by atoms with Crippen LogP contribution in [-0.4, -0.2) is 29.4 Å². The molecule has 0 saturated heterocycles. The summed E-state index contributed by atoms with van der Waals surface area (Å²) in [6.07, 6.45) is 2.28. The van der Waals surface area contributed by atoms with Gasteiger partial charge >= 0.3 is 5.97 Å². The molecule has 0 unspecified atom stereocenters. The highest BCUT2D eigenvalue weighted by molar-refractivity contribution is 5.91. The normalized spacial score (nSPS) is 9.86. The van der Waals surface area contributed by atoms with Gasteiger partial charge in [0.15, 0.2) is 0 Å². The van der Waals surface area contributed by atoms with Crippen LogP contribution in [0.2, 0.25) is 0 Å². The molecular formula is C9H14N2O3. The van der Waals surface area contributed by atoms with E-state index in [1.165, 1.54) is 6.20 Å². The van der Waals surface area contributed by atoms with Crippen LogP contribution in [0.4, 0.5) is 0 Å². The maximum Gasteiger partial charge on any atom is 0.345 e. The lowest BCUT2D eigenvalue weighted by molar-refractivity contribution is 0.0521. The fourth-order valence-corrected chi connectivity index (χ4v) is 0.943. The summed E-state index contributed by atoms with van der Waals surface area (Å²) in [6, 6.07) is 0. The maximum atomic E-state index is 11.3. The number of carbonyl (C=O) groups is 1. The summed E-state index contributed by atoms with van der Waals surface area (Å²) in [5.74, 6) is -0.0300. The highest BCUT2D eigenvalue weighted by Gasteiger charge is 2.15. The average molecular weight is 198 g/mol. The van der Waals surface area contributed by atoms with Crippen molar-refractivity contribution in [2.45, 2.75) is 20.3 Å². The first kappa shape index (κ1) is 10.6. The zero-order valence-electron chi connectivity index (χ0n) is 8.37. The zero-order valence-corrected chi connectivity index (χ0v) is 8.37. The SMILES string of the molecule is CCCOc1[nH]ncc1C(=O)OCC. The number of aromatic nitrogens is 2. The third kappa shape index (κ3) is 2.48. The molecule has 0 radical (unpaired) electrons. The number of ether oxygens (including phenoxy) is 2. The van der Waals surface area contributed by atoms with E-state index < -0.39 is 5.97 Å². The molecule has 0 aliphatic carbocycles. The number of esters is 1. The van der Waals surface area contributed by atoms with E-state index in [9.17, 15) is 4.79 Å². The number of nitrogens with one attached hydrogen (secondary N) is 1. The minimum Gasteiger partial charge on any atom is -0.477 e. The molecule has 0 aliphatic heterocycles. The highest BCUT2D eigenvalue weighted by atomic mass is 16.5. The quantitative estimate of drug-likeness (QED) is 0.726. The van der Waals surface area contributed by atoms with Crippen molar-refractivity contribution in [2.75, 3.05) is 13.2 Å². The lowest BCUT2D eigenvalue weighted by Crippen LogP contribution is -2.06. The predicted molar refractivity (Wildman–Crippen MR) is 50.3 cm³/mol. The van der Waals surface area contributed by atoms with Gasteiger partial charge < -0.3 is 9.47 Å². The summed E-state index contributed by atoms with van der Waals surface area (Å²) in [7, 11) is 0. The molecule has 0 atom stereocenters. The number of nitrogens with zero attached hydrogens (tertiary/aromatic N) is 1. The Kier molecular flexibility index (Phi) is 3.97. The van der Waals surface area contributed by atoms with E-state index >= 15 is 0 Å². The largest absolute Gasteiger partial charge is 0.477 e. The zero-order chi connectivity index (χ0) is 10.4. The Bertz CT molecular complexity index is 296. The Morgan fingerprint density at radius 3 is 3.00 bits per heavy atom. The van der Waals surface area contributed by atoms with Gasteiger partial charge in [-0.1, -0.05) is 6.92 Å². The monoisotopic (exact) mass is 198 g/mol. The summed E-state index contributed by atoms with van der Waals surface area (Å²) in [4.78, 5) is 11.3. The first-order chi connectivity index (χ1) is 6.79. The van der Waals surface area contributed by atoms with Crippen LogP contribution in [0.1, 0.15) is 30.6 Å². The van der Waals surface area contributed by atoms with Crippen LogP contribution in [-0.2, 0) is 4.74 Å². The average Bonchev–Trinajstić information content (AvgIpc) is 2.63. The predicted octanol–water partition coefficient (Wildman–Crippen LogP) is 1.38. The summed E-state index contributed by atoms with van der Waals surface area (Å²) < 4.78 is 10.1. The van der Waals surface area contributed by atoms with Gasteiger partial charge in [-0.15, -0.1) is 0 Å². The van der Waals surface area contributed by atoms with E-state index in [1.54, 1.807) is 6.92 Å². The van der Waals surface area contributed by atoms with Gasteiger partial charge in [-0.3, -0.25) is 0 Å². The van der Waals surface area contributed by atoms with E-state index in [1.807, 2.05) is 6.92 Å². The minimum atomic E-state index is -0.410. The highest BCUT2D eigenvalue weighted by Crippen LogP contribution is 2.15. The summed E-state index contributed by atoms with van der Waals surface area (Å²) in [6.45, 7) is 4.64. The van der Waals surface area contributed by atoms with Crippen LogP contribution < -0.4 is 4.74 Å². The third-order valence-corrected chi connectivity index (χ3v) is 1.55. The van der Waals surface area contributed by atoms with Gasteiger partial charge in [0.25, 0.3) is 0 Å². The summed E-state index contributed by atoms with van der Waals surface area (Å²) >= 11 is 0. The van der Waals surface area contributed by atoms with Crippen LogP contribution in [0.5, 0.6) is 5.88 Å². The molecule has 5 nitrogen and oxygen atoms in total. The van der Waals surface area contributed by atoms with Crippen molar-refractivity contribution < 1.29 is 14.3 Å². The third-order valence-electron chi connectivity index (χ3n) is 1.55. The molecular weight excluding hydrogens is 184 g/mol. The molecule has 0 aliphatic rings. The van der Waals surface area contributed by atoms with Crippen LogP contribution in [0.25, 0.3) is 0 Å². The Labute approximate surface area is 82.4 Å². The molecule has 5 heteroatoms. The Morgan fingerprint density at radius 1 is 1.57 bits per heavy atom. The van der Waals surface area contributed by atoms with Crippen molar-refractivity contribution in [3.8, 4) is 5.88 Å². The topological polar surface area (TPSA) is 64.2 Å². The van der Waals surface area contributed by atoms with Crippen LogP contribution in [0.3, 0.4) is 0 Å². The molecule has 1 aromatic heterocycles. The van der Waals surface area contributed by atoms with Gasteiger partial charge in [0.2, 0.25) is 5.88 Å². The lowest BCUT2D eigenvalue weighted by atomic mass is 10.3. The molecule has 14 heavy (non-hydrogen) atoms. The maximum absolute atomic E-state index is 11.3. The van der Waals surface area contributed by atoms with Gasteiger partial charge in [-0.25, -0.2) is 9.89 Å². The Hall–Kier alpha value is -1.52. The first-order valence-corrected chi connectivity index (χ1v) is 4.62. The van der Waals surface area contributed by atoms with Crippen molar-refractivity contribution in [3.63, 3.8) is 0 Å². The molecule has 0 saturated carbocycles. The Balaban J connectivity index is 2.66. The smallest absolute Gasteiger partial charge is 0.345 e. The molecule has 0 bridgehead atoms. The second-order valence-electron chi connectivity index (χ2n) is 2.68. The number of carbonyl (C=O) groups excluding carboxylic acids is 1. The molecule has 0 amide bonds. The van der Waals surface area contributed by atoms with Crippen molar-refractivity contribution in [2.24, 2.45) is 0 Å².